The van der Waals surface area contributed by atoms with Crippen LogP contribution in [0.25, 0.3) is 66.1 Å². The molecule has 0 aliphatic carbocycles. The van der Waals surface area contributed by atoms with Crippen molar-refractivity contribution in [2.45, 2.75) is 0 Å². The SMILES string of the molecule is COc1ccc2c(c1)c1cc(OC)ccc1n2-c1cc(-c2cc(C#N)cc(C#N)c2)[c]([Ge]([c]2ccccc2)([c]2ccccc2)[c]2ccccc2)cc1-n1c2ccc(OC)cc2c2cc(OC)ccc21. The van der Waals surface area contributed by atoms with E-state index in [1.165, 1.54) is 13.2 Å². The van der Waals surface area contributed by atoms with Gasteiger partial charge in [-0.15, -0.1) is 0 Å². The molecular weight excluding hydrogens is 913 g/mol. The van der Waals surface area contributed by atoms with Gasteiger partial charge in [-0.3, -0.25) is 0 Å². The molecule has 0 radical (unpaired) electrons. The fourth-order valence-electron chi connectivity index (χ4n) is 10.4. The summed E-state index contributed by atoms with van der Waals surface area (Å²) in [6, 6.07) is 72.5. The minimum absolute atomic E-state index is 0.402. The van der Waals surface area contributed by atoms with Gasteiger partial charge in [-0.25, -0.2) is 0 Å². The first kappa shape index (κ1) is 42.9. The van der Waals surface area contributed by atoms with Gasteiger partial charge in [0.2, 0.25) is 0 Å². The summed E-state index contributed by atoms with van der Waals surface area (Å²) in [6.45, 7) is 0. The van der Waals surface area contributed by atoms with Crippen molar-refractivity contribution < 1.29 is 18.9 Å². The standard InChI is InChI=1S/C60H44GeN4O4/c1-66-45-20-24-55-50(31-45)51-32-46(67-2)21-25-56(51)64(55)59-35-49(41-29-39(37-62)28-40(30-41)38-63)54(61(42-14-8-5-9-15-42,43-16-10-6-11-17-43)44-18-12-7-13-19-44)36-60(59)65-57-26-22-47(68-3)33-52(57)53-34-48(69-4)23-27-58(53)65/h5-36H,1-4H3. The first-order valence-corrected chi connectivity index (χ1v) is 26.8. The number of methoxy groups -OCH3 is 4. The molecule has 0 N–H and O–H groups in total. The molecule has 8 nitrogen and oxygen atoms in total. The molecule has 0 saturated carbocycles. The Labute approximate surface area is 402 Å². The van der Waals surface area contributed by atoms with Crippen molar-refractivity contribution in [3.8, 4) is 57.6 Å². The quantitative estimate of drug-likeness (QED) is 0.120. The van der Waals surface area contributed by atoms with Crippen molar-refractivity contribution in [2.24, 2.45) is 0 Å². The summed E-state index contributed by atoms with van der Waals surface area (Å²) < 4.78 is 32.9. The van der Waals surface area contributed by atoms with E-state index in [1.54, 1.807) is 34.5 Å². The molecular formula is C60H44GeN4O4. The van der Waals surface area contributed by atoms with Gasteiger partial charge in [0.05, 0.1) is 0 Å². The van der Waals surface area contributed by atoms with Crippen LogP contribution in [0.3, 0.4) is 0 Å². The monoisotopic (exact) mass is 958 g/mol. The molecule has 2 heterocycles. The van der Waals surface area contributed by atoms with Crippen LogP contribution in [0, 0.1) is 22.7 Å². The van der Waals surface area contributed by atoms with Crippen LogP contribution in [0.4, 0.5) is 0 Å². The Bertz CT molecular complexity index is 3620. The van der Waals surface area contributed by atoms with Gasteiger partial charge in [-0.1, -0.05) is 0 Å². The number of hydrogen-bond donors (Lipinski definition) is 0. The van der Waals surface area contributed by atoms with Gasteiger partial charge in [0.15, 0.2) is 0 Å². The van der Waals surface area contributed by atoms with E-state index in [2.05, 4.69) is 173 Å². The summed E-state index contributed by atoms with van der Waals surface area (Å²) >= 11 is -4.24. The zero-order valence-corrected chi connectivity index (χ0v) is 40.5. The third-order valence-corrected chi connectivity index (χ3v) is 23.6. The van der Waals surface area contributed by atoms with Gasteiger partial charge in [0.25, 0.3) is 0 Å². The molecule has 9 heteroatoms. The fourth-order valence-corrected chi connectivity index (χ4v) is 20.9. The van der Waals surface area contributed by atoms with Crippen LogP contribution < -0.4 is 36.5 Å². The number of hydrogen-bond acceptors (Lipinski definition) is 6. The summed E-state index contributed by atoms with van der Waals surface area (Å²) in [6.07, 6.45) is 0. The van der Waals surface area contributed by atoms with Crippen molar-refractivity contribution in [3.63, 3.8) is 0 Å². The molecule has 11 rings (SSSR count). The first-order chi connectivity index (χ1) is 33.9. The zero-order valence-electron chi connectivity index (χ0n) is 38.4. The third-order valence-electron chi connectivity index (χ3n) is 13.5. The van der Waals surface area contributed by atoms with Gasteiger partial charge in [0, 0.05) is 0 Å². The van der Waals surface area contributed by atoms with Crippen LogP contribution in [-0.4, -0.2) is 50.8 Å². The van der Waals surface area contributed by atoms with E-state index in [0.29, 0.717) is 11.1 Å². The average molecular weight is 958 g/mol. The third kappa shape index (κ3) is 6.96. The second-order valence-electron chi connectivity index (χ2n) is 17.0. The van der Waals surface area contributed by atoms with Crippen molar-refractivity contribution >= 4 is 74.5 Å². The molecule has 0 aliphatic heterocycles. The molecule has 0 amide bonds. The summed E-state index contributed by atoms with van der Waals surface area (Å²) in [5.74, 6) is 2.94. The van der Waals surface area contributed by atoms with Crippen molar-refractivity contribution in [1.29, 1.82) is 10.5 Å². The van der Waals surface area contributed by atoms with Gasteiger partial charge in [-0.05, 0) is 0 Å². The molecule has 0 aliphatic rings. The molecule has 9 aromatic carbocycles. The molecule has 0 fully saturated rings. The Morgan fingerprint density at radius 3 is 1.03 bits per heavy atom. The normalized spacial score (nSPS) is 11.4. The number of ether oxygens (including phenoxy) is 4. The fraction of sp³-hybridized carbons (Fsp3) is 0.0667. The van der Waals surface area contributed by atoms with Crippen LogP contribution in [0.15, 0.2) is 194 Å². The van der Waals surface area contributed by atoms with E-state index in [4.69, 9.17) is 18.9 Å². The summed E-state index contributed by atoms with van der Waals surface area (Å²) in [5.41, 5.74) is 8.13. The minimum atomic E-state index is -4.24. The topological polar surface area (TPSA) is 94.4 Å². The molecule has 0 bridgehead atoms. The molecule has 11 aromatic rings. The van der Waals surface area contributed by atoms with Gasteiger partial charge >= 0.3 is 404 Å². The van der Waals surface area contributed by atoms with E-state index in [0.717, 1.165) is 93.5 Å². The Hall–Kier alpha value is -8.70. The second-order valence-corrected chi connectivity index (χ2v) is 24.9. The molecule has 332 valence electrons. The molecule has 0 spiro atoms. The van der Waals surface area contributed by atoms with Crippen LogP contribution in [0.2, 0.25) is 0 Å². The Kier molecular flexibility index (Phi) is 10.9. The van der Waals surface area contributed by atoms with E-state index >= 15 is 0 Å². The summed E-state index contributed by atoms with van der Waals surface area (Å²) in [5, 5.41) is 25.1. The van der Waals surface area contributed by atoms with E-state index < -0.39 is 13.3 Å². The number of nitrogens with zero attached hydrogens (tertiary/aromatic N) is 4. The number of nitriles is 2. The van der Waals surface area contributed by atoms with Crippen LogP contribution >= 0.6 is 0 Å². The Morgan fingerprint density at radius 2 is 0.710 bits per heavy atom. The van der Waals surface area contributed by atoms with E-state index in [-0.39, 0.29) is 0 Å². The Balaban J connectivity index is 1.43. The van der Waals surface area contributed by atoms with Crippen molar-refractivity contribution in [3.05, 3.63) is 205 Å². The predicted octanol–water partition coefficient (Wildman–Crippen LogP) is 10.7. The summed E-state index contributed by atoms with van der Waals surface area (Å²) in [7, 11) is 6.76. The predicted molar refractivity (Wildman–Crippen MR) is 280 cm³/mol. The van der Waals surface area contributed by atoms with Crippen molar-refractivity contribution in [1.82, 2.24) is 9.13 Å². The van der Waals surface area contributed by atoms with Crippen LogP contribution in [0.5, 0.6) is 23.0 Å². The van der Waals surface area contributed by atoms with E-state index in [9.17, 15) is 10.5 Å². The van der Waals surface area contributed by atoms with Crippen LogP contribution in [0.1, 0.15) is 11.1 Å². The maximum absolute atomic E-state index is 10.6. The molecule has 69 heavy (non-hydrogen) atoms. The number of benzene rings is 9. The molecule has 0 unspecified atom stereocenters. The summed E-state index contributed by atoms with van der Waals surface area (Å²) in [4.78, 5) is 0. The average Bonchev–Trinajstić information content (AvgIpc) is 3.92. The second kappa shape index (κ2) is 17.5. The van der Waals surface area contributed by atoms with Crippen molar-refractivity contribution in [2.75, 3.05) is 28.4 Å². The maximum atomic E-state index is 10.6. The first-order valence-electron chi connectivity index (χ1n) is 22.6. The van der Waals surface area contributed by atoms with E-state index in [1.807, 2.05) is 36.4 Å². The number of fused-ring (bicyclic) bond motifs is 6. The van der Waals surface area contributed by atoms with Gasteiger partial charge in [-0.2, -0.15) is 0 Å². The number of rotatable bonds is 11. The molecule has 0 saturated heterocycles. The molecule has 2 aromatic heterocycles. The van der Waals surface area contributed by atoms with Gasteiger partial charge in [0.1, 0.15) is 0 Å². The zero-order chi connectivity index (χ0) is 47.2. The van der Waals surface area contributed by atoms with Gasteiger partial charge < -0.3 is 0 Å². The Morgan fingerprint density at radius 1 is 0.377 bits per heavy atom. The number of aromatic nitrogens is 2. The van der Waals surface area contributed by atoms with Crippen LogP contribution in [-0.2, 0) is 0 Å². The molecule has 0 atom stereocenters.